The van der Waals surface area contributed by atoms with Crippen molar-refractivity contribution in [3.05, 3.63) is 47.8 Å². The number of rotatable bonds is 2. The van der Waals surface area contributed by atoms with Crippen molar-refractivity contribution in [3.63, 3.8) is 0 Å². The van der Waals surface area contributed by atoms with Crippen molar-refractivity contribution >= 4 is 34.8 Å². The van der Waals surface area contributed by atoms with Crippen LogP contribution in [-0.4, -0.2) is 81.8 Å². The molecule has 14 heteroatoms. The van der Waals surface area contributed by atoms with Crippen molar-refractivity contribution in [2.75, 3.05) is 48.3 Å². The third-order valence-electron chi connectivity index (χ3n) is 6.54. The van der Waals surface area contributed by atoms with Gasteiger partial charge in [0, 0.05) is 68.1 Å². The summed E-state index contributed by atoms with van der Waals surface area (Å²) < 4.78 is 48.0. The molecule has 1 fully saturated rings. The fourth-order valence-electron chi connectivity index (χ4n) is 4.45. The first-order valence-electron chi connectivity index (χ1n) is 11.8. The smallest absolute Gasteiger partial charge is 0.475 e. The van der Waals surface area contributed by atoms with Crippen molar-refractivity contribution in [1.29, 1.82) is 0 Å². The first-order chi connectivity index (χ1) is 17.8. The molecule has 5 heterocycles. The monoisotopic (exact) mass is 537 g/mol. The lowest BCUT2D eigenvalue weighted by molar-refractivity contribution is -0.192. The predicted octanol–water partition coefficient (Wildman–Crippen LogP) is 3.55. The lowest BCUT2D eigenvalue weighted by Crippen LogP contribution is -2.50. The van der Waals surface area contributed by atoms with Gasteiger partial charge in [0.15, 0.2) is 5.82 Å². The summed E-state index contributed by atoms with van der Waals surface area (Å²) >= 11 is 0. The first-order valence-corrected chi connectivity index (χ1v) is 11.8. The van der Waals surface area contributed by atoms with Crippen LogP contribution in [0.1, 0.15) is 18.2 Å². The van der Waals surface area contributed by atoms with Gasteiger partial charge in [0.1, 0.15) is 11.5 Å². The summed E-state index contributed by atoms with van der Waals surface area (Å²) in [6.07, 6.45) is 0.744. The Morgan fingerprint density at radius 3 is 2.55 bits per heavy atom. The number of fused-ring (bicyclic) bond motifs is 2. The van der Waals surface area contributed by atoms with Crippen LogP contribution in [0.4, 0.5) is 39.5 Å². The number of pyridine rings is 2. The molecule has 0 spiro atoms. The molecule has 5 rings (SSSR count). The molecule has 0 aliphatic carbocycles. The SMILES string of the molecule is Cc1cn2cc(NC(=O)N3CCc4c(N5CCN(C)[C@@H](C)C5)ccnc43)c(F)cc2n1.O=C(O)C(F)(F)F. The average molecular weight is 538 g/mol. The van der Waals surface area contributed by atoms with Gasteiger partial charge in [-0.15, -0.1) is 0 Å². The topological polar surface area (TPSA) is 106 Å². The summed E-state index contributed by atoms with van der Waals surface area (Å²) in [6.45, 7) is 7.46. The van der Waals surface area contributed by atoms with Crippen LogP contribution in [0.3, 0.4) is 0 Å². The van der Waals surface area contributed by atoms with Crippen LogP contribution in [0.2, 0.25) is 0 Å². The number of nitrogens with zero attached hydrogens (tertiary/aromatic N) is 6. The van der Waals surface area contributed by atoms with Gasteiger partial charge < -0.3 is 24.6 Å². The van der Waals surface area contributed by atoms with Gasteiger partial charge in [-0.2, -0.15) is 13.2 Å². The number of piperazine rings is 1. The number of carbonyl (C=O) groups excluding carboxylic acids is 1. The second-order valence-corrected chi connectivity index (χ2v) is 9.23. The molecule has 2 aliphatic rings. The zero-order valence-electron chi connectivity index (χ0n) is 21.0. The highest BCUT2D eigenvalue weighted by Gasteiger charge is 2.38. The number of imidazole rings is 1. The lowest BCUT2D eigenvalue weighted by Gasteiger charge is -2.39. The number of halogens is 4. The van der Waals surface area contributed by atoms with E-state index in [0.717, 1.165) is 43.0 Å². The highest BCUT2D eigenvalue weighted by molar-refractivity contribution is 6.03. The van der Waals surface area contributed by atoms with E-state index in [1.54, 1.807) is 27.9 Å². The molecule has 38 heavy (non-hydrogen) atoms. The zero-order valence-corrected chi connectivity index (χ0v) is 21.0. The maximum atomic E-state index is 14.5. The Bertz CT molecular complexity index is 1360. The van der Waals surface area contributed by atoms with E-state index in [1.165, 1.54) is 6.07 Å². The van der Waals surface area contributed by atoms with Gasteiger partial charge in [-0.1, -0.05) is 0 Å². The predicted molar refractivity (Wildman–Crippen MR) is 132 cm³/mol. The minimum Gasteiger partial charge on any atom is -0.475 e. The molecule has 1 atom stereocenters. The van der Waals surface area contributed by atoms with E-state index in [9.17, 15) is 22.4 Å². The molecule has 3 aromatic rings. The standard InChI is InChI=1S/C22H26FN7O.C2HF3O2/c1-14-11-29-13-18(17(23)10-20(29)25-14)26-22(31)30-7-5-16-19(4-6-24-21(16)30)28-9-8-27(3)15(2)12-28;3-2(4,5)1(6)7/h4,6,10-11,13,15H,5,7-9,12H2,1-3H3,(H,26,31);(H,6,7)/t15-;/m0./s1. The molecular weight excluding hydrogens is 510 g/mol. The molecule has 0 saturated carbocycles. The maximum absolute atomic E-state index is 14.5. The minimum atomic E-state index is -5.08. The number of hydrogen-bond acceptors (Lipinski definition) is 6. The summed E-state index contributed by atoms with van der Waals surface area (Å²) in [5, 5.41) is 9.83. The van der Waals surface area contributed by atoms with Gasteiger partial charge >= 0.3 is 18.2 Å². The number of nitrogens with one attached hydrogen (secondary N) is 1. The fraction of sp³-hybridized carbons (Fsp3) is 0.417. The van der Waals surface area contributed by atoms with E-state index in [0.29, 0.717) is 24.1 Å². The number of carbonyl (C=O) groups is 2. The summed E-state index contributed by atoms with van der Waals surface area (Å²) in [5.41, 5.74) is 3.63. The number of aryl methyl sites for hydroxylation is 1. The van der Waals surface area contributed by atoms with E-state index >= 15 is 0 Å². The van der Waals surface area contributed by atoms with Crippen molar-refractivity contribution < 1.29 is 32.3 Å². The van der Waals surface area contributed by atoms with Crippen LogP contribution in [0.15, 0.2) is 30.7 Å². The van der Waals surface area contributed by atoms with Crippen LogP contribution in [0.5, 0.6) is 0 Å². The highest BCUT2D eigenvalue weighted by Crippen LogP contribution is 2.35. The quantitative estimate of drug-likeness (QED) is 0.482. The van der Waals surface area contributed by atoms with Crippen LogP contribution >= 0.6 is 0 Å². The normalized spacial score (nSPS) is 17.7. The van der Waals surface area contributed by atoms with Gasteiger partial charge in [-0.05, 0) is 33.4 Å². The largest absolute Gasteiger partial charge is 0.490 e. The summed E-state index contributed by atoms with van der Waals surface area (Å²) in [4.78, 5) is 37.0. The zero-order chi connectivity index (χ0) is 27.8. The molecule has 0 aromatic carbocycles. The summed E-state index contributed by atoms with van der Waals surface area (Å²) in [5.74, 6) is -2.62. The Hall–Kier alpha value is -3.94. The Labute approximate surface area is 215 Å². The Morgan fingerprint density at radius 2 is 1.89 bits per heavy atom. The third kappa shape index (κ3) is 5.64. The number of amides is 2. The highest BCUT2D eigenvalue weighted by atomic mass is 19.4. The average Bonchev–Trinajstić information content (AvgIpc) is 3.43. The molecule has 0 radical (unpaired) electrons. The van der Waals surface area contributed by atoms with Crippen molar-refractivity contribution in [2.24, 2.45) is 0 Å². The number of likely N-dealkylation sites (N-methyl/N-ethyl adjacent to an activating group) is 1. The number of aromatic nitrogens is 3. The van der Waals surface area contributed by atoms with E-state index in [2.05, 4.69) is 39.1 Å². The van der Waals surface area contributed by atoms with Crippen LogP contribution in [0, 0.1) is 12.7 Å². The molecule has 0 unspecified atom stereocenters. The maximum Gasteiger partial charge on any atom is 0.490 e. The van der Waals surface area contributed by atoms with E-state index < -0.39 is 18.0 Å². The number of aliphatic carboxylic acids is 1. The van der Waals surface area contributed by atoms with Crippen LogP contribution < -0.4 is 15.1 Å². The minimum absolute atomic E-state index is 0.118. The lowest BCUT2D eigenvalue weighted by atomic mass is 10.1. The Morgan fingerprint density at radius 1 is 1.18 bits per heavy atom. The molecule has 0 bridgehead atoms. The molecule has 2 aliphatic heterocycles. The number of hydrogen-bond donors (Lipinski definition) is 2. The summed E-state index contributed by atoms with van der Waals surface area (Å²) in [6, 6.07) is 3.44. The number of carboxylic acids is 1. The number of carboxylic acid groups (broad SMARTS) is 1. The molecule has 3 aromatic heterocycles. The van der Waals surface area contributed by atoms with E-state index in [1.807, 2.05) is 13.0 Å². The third-order valence-corrected chi connectivity index (χ3v) is 6.54. The number of alkyl halides is 3. The second-order valence-electron chi connectivity index (χ2n) is 9.23. The van der Waals surface area contributed by atoms with E-state index in [-0.39, 0.29) is 11.7 Å². The molecule has 2 amide bonds. The first kappa shape index (κ1) is 27.1. The van der Waals surface area contributed by atoms with Crippen molar-refractivity contribution in [1.82, 2.24) is 19.3 Å². The van der Waals surface area contributed by atoms with Crippen LogP contribution in [-0.2, 0) is 11.2 Å². The molecule has 1 saturated heterocycles. The van der Waals surface area contributed by atoms with Gasteiger partial charge in [0.05, 0.1) is 11.4 Å². The molecular formula is C24H27F4N7O3. The van der Waals surface area contributed by atoms with E-state index in [4.69, 9.17) is 9.90 Å². The van der Waals surface area contributed by atoms with Crippen LogP contribution in [0.25, 0.3) is 5.65 Å². The number of urea groups is 1. The molecule has 2 N–H and O–H groups in total. The molecule has 10 nitrogen and oxygen atoms in total. The Kier molecular flexibility index (Phi) is 7.44. The molecule has 204 valence electrons. The Balaban J connectivity index is 0.000000426. The van der Waals surface area contributed by atoms with Crippen molar-refractivity contribution in [2.45, 2.75) is 32.5 Å². The summed E-state index contributed by atoms with van der Waals surface area (Å²) in [7, 11) is 2.15. The van der Waals surface area contributed by atoms with Gasteiger partial charge in [0.25, 0.3) is 0 Å². The fourth-order valence-corrected chi connectivity index (χ4v) is 4.45. The second kappa shape index (κ2) is 10.4. The van der Waals surface area contributed by atoms with Crippen molar-refractivity contribution in [3.8, 4) is 0 Å². The number of anilines is 3. The van der Waals surface area contributed by atoms with Gasteiger partial charge in [-0.25, -0.2) is 23.9 Å². The van der Waals surface area contributed by atoms with Gasteiger partial charge in [0.2, 0.25) is 0 Å². The van der Waals surface area contributed by atoms with Gasteiger partial charge in [-0.3, -0.25) is 4.90 Å².